The van der Waals surface area contributed by atoms with Gasteiger partial charge in [0.05, 0.1) is 6.61 Å². The van der Waals surface area contributed by atoms with Gasteiger partial charge in [-0.3, -0.25) is 0 Å². The number of ether oxygens (including phenoxy) is 1. The van der Waals surface area contributed by atoms with Crippen LogP contribution in [-0.2, 0) is 17.3 Å². The number of benzene rings is 2. The lowest BCUT2D eigenvalue weighted by molar-refractivity contribution is -0.0872. The van der Waals surface area contributed by atoms with Gasteiger partial charge >= 0.3 is 0 Å². The van der Waals surface area contributed by atoms with Gasteiger partial charge in [0.25, 0.3) is 5.92 Å². The van der Waals surface area contributed by atoms with Crippen LogP contribution in [0.25, 0.3) is 0 Å². The van der Waals surface area contributed by atoms with Crippen LogP contribution in [0.15, 0.2) is 60.7 Å². The SMILES string of the molecule is FC(F)(COCc1ccccc1)c1ccccc1. The Kier molecular flexibility index (Phi) is 4.05. The molecule has 0 unspecified atom stereocenters. The van der Waals surface area contributed by atoms with Crippen molar-refractivity contribution >= 4 is 0 Å². The average Bonchev–Trinajstić information content (AvgIpc) is 2.41. The van der Waals surface area contributed by atoms with Crippen molar-refractivity contribution in [1.82, 2.24) is 0 Å². The topological polar surface area (TPSA) is 9.23 Å². The summed E-state index contributed by atoms with van der Waals surface area (Å²) in [4.78, 5) is 0. The number of hydrogen-bond donors (Lipinski definition) is 0. The fraction of sp³-hybridized carbons (Fsp3) is 0.200. The highest BCUT2D eigenvalue weighted by atomic mass is 19.3. The Morgan fingerprint density at radius 3 is 2.00 bits per heavy atom. The van der Waals surface area contributed by atoms with E-state index in [2.05, 4.69) is 0 Å². The van der Waals surface area contributed by atoms with Gasteiger partial charge in [0.2, 0.25) is 0 Å². The van der Waals surface area contributed by atoms with Crippen LogP contribution in [0.4, 0.5) is 8.78 Å². The molecule has 2 aromatic carbocycles. The zero-order valence-electron chi connectivity index (χ0n) is 9.85. The Morgan fingerprint density at radius 2 is 1.39 bits per heavy atom. The molecule has 0 aliphatic carbocycles. The fourth-order valence-corrected chi connectivity index (χ4v) is 1.64. The lowest BCUT2D eigenvalue weighted by Crippen LogP contribution is -2.20. The molecule has 0 N–H and O–H groups in total. The standard InChI is InChI=1S/C15H14F2O/c16-15(17,14-9-5-2-6-10-14)12-18-11-13-7-3-1-4-8-13/h1-10H,11-12H2. The second-order valence-electron chi connectivity index (χ2n) is 4.05. The van der Waals surface area contributed by atoms with E-state index in [1.165, 1.54) is 12.1 Å². The molecule has 0 aromatic heterocycles. The van der Waals surface area contributed by atoms with Gasteiger partial charge in [-0.1, -0.05) is 60.7 Å². The molecule has 0 atom stereocenters. The van der Waals surface area contributed by atoms with Crippen LogP contribution in [0.3, 0.4) is 0 Å². The predicted molar refractivity (Wildman–Crippen MR) is 66.4 cm³/mol. The van der Waals surface area contributed by atoms with E-state index in [0.717, 1.165) is 5.56 Å². The third kappa shape index (κ3) is 3.37. The molecule has 0 radical (unpaired) electrons. The van der Waals surface area contributed by atoms with Crippen LogP contribution >= 0.6 is 0 Å². The molecule has 94 valence electrons. The number of hydrogen-bond acceptors (Lipinski definition) is 1. The summed E-state index contributed by atoms with van der Waals surface area (Å²) in [5, 5.41) is 0. The summed E-state index contributed by atoms with van der Waals surface area (Å²) in [6.45, 7) is -0.408. The first-order valence-corrected chi connectivity index (χ1v) is 5.73. The smallest absolute Gasteiger partial charge is 0.296 e. The first kappa shape index (κ1) is 12.7. The quantitative estimate of drug-likeness (QED) is 0.777. The van der Waals surface area contributed by atoms with Crippen LogP contribution in [0.1, 0.15) is 11.1 Å². The molecule has 18 heavy (non-hydrogen) atoms. The molecular formula is C15H14F2O. The van der Waals surface area contributed by atoms with E-state index in [0.29, 0.717) is 0 Å². The van der Waals surface area contributed by atoms with Crippen molar-refractivity contribution in [2.24, 2.45) is 0 Å². The number of rotatable bonds is 5. The summed E-state index contributed by atoms with van der Waals surface area (Å²) in [7, 11) is 0. The van der Waals surface area contributed by atoms with Crippen LogP contribution in [0.5, 0.6) is 0 Å². The van der Waals surface area contributed by atoms with Crippen molar-refractivity contribution in [2.75, 3.05) is 6.61 Å². The Labute approximate surface area is 105 Å². The first-order chi connectivity index (χ1) is 8.68. The predicted octanol–water partition coefficient (Wildman–Crippen LogP) is 4.00. The van der Waals surface area contributed by atoms with Gasteiger partial charge in [0.1, 0.15) is 6.61 Å². The molecule has 0 fully saturated rings. The van der Waals surface area contributed by atoms with Gasteiger partial charge < -0.3 is 4.74 Å². The van der Waals surface area contributed by atoms with Gasteiger partial charge in [-0.25, -0.2) is 0 Å². The minimum atomic E-state index is -2.95. The zero-order valence-corrected chi connectivity index (χ0v) is 9.85. The molecule has 0 aliphatic heterocycles. The molecule has 2 rings (SSSR count). The summed E-state index contributed by atoms with van der Waals surface area (Å²) >= 11 is 0. The summed E-state index contributed by atoms with van der Waals surface area (Å²) in [5.74, 6) is -2.95. The summed E-state index contributed by atoms with van der Waals surface area (Å²) in [6, 6.07) is 17.0. The molecule has 0 spiro atoms. The lowest BCUT2D eigenvalue weighted by atomic mass is 10.1. The lowest BCUT2D eigenvalue weighted by Gasteiger charge is -2.16. The Balaban J connectivity index is 1.90. The van der Waals surface area contributed by atoms with Crippen LogP contribution in [0, 0.1) is 0 Å². The van der Waals surface area contributed by atoms with Crippen molar-refractivity contribution in [3.8, 4) is 0 Å². The molecule has 0 aliphatic rings. The minimum absolute atomic E-state index is 0.0157. The van der Waals surface area contributed by atoms with Gasteiger partial charge in [-0.05, 0) is 5.56 Å². The highest BCUT2D eigenvalue weighted by molar-refractivity contribution is 5.20. The molecule has 0 saturated carbocycles. The van der Waals surface area contributed by atoms with Crippen LogP contribution in [-0.4, -0.2) is 6.61 Å². The summed E-state index contributed by atoms with van der Waals surface area (Å²) in [6.07, 6.45) is 0. The number of alkyl halides is 2. The Hall–Kier alpha value is -1.74. The van der Waals surface area contributed by atoms with E-state index in [9.17, 15) is 8.78 Å². The maximum absolute atomic E-state index is 13.7. The molecule has 0 heterocycles. The van der Waals surface area contributed by atoms with E-state index in [1.807, 2.05) is 30.3 Å². The average molecular weight is 248 g/mol. The first-order valence-electron chi connectivity index (χ1n) is 5.73. The molecule has 0 amide bonds. The molecule has 1 nitrogen and oxygen atoms in total. The maximum atomic E-state index is 13.7. The maximum Gasteiger partial charge on any atom is 0.296 e. The Morgan fingerprint density at radius 1 is 0.833 bits per heavy atom. The highest BCUT2D eigenvalue weighted by Gasteiger charge is 2.31. The molecule has 0 saturated heterocycles. The highest BCUT2D eigenvalue weighted by Crippen LogP contribution is 2.28. The van der Waals surface area contributed by atoms with E-state index < -0.39 is 12.5 Å². The van der Waals surface area contributed by atoms with Gasteiger partial charge in [-0.15, -0.1) is 0 Å². The largest absolute Gasteiger partial charge is 0.370 e. The Bertz CT molecular complexity index is 468. The molecule has 0 bridgehead atoms. The molecule has 2 aromatic rings. The zero-order chi connectivity index (χ0) is 12.8. The third-order valence-corrected chi connectivity index (χ3v) is 2.59. The summed E-state index contributed by atoms with van der Waals surface area (Å²) < 4.78 is 32.6. The van der Waals surface area contributed by atoms with Crippen molar-refractivity contribution in [3.63, 3.8) is 0 Å². The van der Waals surface area contributed by atoms with Crippen LogP contribution in [0.2, 0.25) is 0 Å². The van der Waals surface area contributed by atoms with E-state index in [-0.39, 0.29) is 12.2 Å². The van der Waals surface area contributed by atoms with Gasteiger partial charge in [0.15, 0.2) is 0 Å². The van der Waals surface area contributed by atoms with Crippen molar-refractivity contribution in [2.45, 2.75) is 12.5 Å². The van der Waals surface area contributed by atoms with Gasteiger partial charge in [-0.2, -0.15) is 8.78 Å². The van der Waals surface area contributed by atoms with Crippen LogP contribution < -0.4 is 0 Å². The van der Waals surface area contributed by atoms with E-state index in [1.54, 1.807) is 18.2 Å². The van der Waals surface area contributed by atoms with E-state index in [4.69, 9.17) is 4.74 Å². The van der Waals surface area contributed by atoms with Crippen molar-refractivity contribution < 1.29 is 13.5 Å². The van der Waals surface area contributed by atoms with Gasteiger partial charge in [0, 0.05) is 5.56 Å². The monoisotopic (exact) mass is 248 g/mol. The third-order valence-electron chi connectivity index (χ3n) is 2.59. The second-order valence-corrected chi connectivity index (χ2v) is 4.05. The van der Waals surface area contributed by atoms with Crippen molar-refractivity contribution in [3.05, 3.63) is 71.8 Å². The second kappa shape index (κ2) is 5.74. The van der Waals surface area contributed by atoms with Crippen molar-refractivity contribution in [1.29, 1.82) is 0 Å². The number of halogens is 2. The fourth-order valence-electron chi connectivity index (χ4n) is 1.64. The van der Waals surface area contributed by atoms with E-state index >= 15 is 0 Å². The minimum Gasteiger partial charge on any atom is -0.370 e. The molecule has 3 heteroatoms. The summed E-state index contributed by atoms with van der Waals surface area (Å²) in [5.41, 5.74) is 0.874. The molecular weight excluding hydrogens is 234 g/mol. The normalized spacial score (nSPS) is 11.4.